The Morgan fingerprint density at radius 2 is 0.849 bits per heavy atom. The maximum Gasteiger partial charge on any atom is 0.0531 e. The van der Waals surface area contributed by atoms with Gasteiger partial charge in [-0.25, -0.2) is 0 Å². The third-order valence-electron chi connectivity index (χ3n) is 9.61. The summed E-state index contributed by atoms with van der Waals surface area (Å²) in [6, 6.07) is 42.7. The fourth-order valence-electron chi connectivity index (χ4n) is 6.93. The lowest BCUT2D eigenvalue weighted by atomic mass is 9.87. The summed E-state index contributed by atoms with van der Waals surface area (Å²) in [5.74, 6) is 0. The Bertz CT molecular complexity index is 2360. The standard InChI is InChI=1S/C30H32N2.C12H15N.C6H4Br2/c1-29(2,3)25-19-31(27-16-9-7-14-23(25)27)21-12-11-13-22(18-21)32-20-26(30(4,5)6)24-15-8-10-17-28(24)32;1-12(2,3)10-8-13-11-7-5-4-6-9(10)11;7-5-2-1-3-6(8)4-5/h7-20H,1-6H3;4-8,13H,1-3H3;1-4H. The molecule has 0 fully saturated rings. The van der Waals surface area contributed by atoms with Crippen LogP contribution in [0.15, 0.2) is 149 Å². The molecule has 272 valence electrons. The minimum absolute atomic E-state index is 0.0840. The van der Waals surface area contributed by atoms with Crippen LogP contribution in [0.25, 0.3) is 44.1 Å². The van der Waals surface area contributed by atoms with Crippen molar-refractivity contribution in [3.63, 3.8) is 0 Å². The minimum Gasteiger partial charge on any atom is -0.361 e. The lowest BCUT2D eigenvalue weighted by molar-refractivity contribution is 0.594. The van der Waals surface area contributed by atoms with Crippen molar-refractivity contribution in [1.29, 1.82) is 0 Å². The minimum atomic E-state index is 0.0840. The molecule has 1 N–H and O–H groups in total. The van der Waals surface area contributed by atoms with Crippen LogP contribution in [0.4, 0.5) is 0 Å². The summed E-state index contributed by atoms with van der Waals surface area (Å²) < 4.78 is 6.89. The van der Waals surface area contributed by atoms with E-state index in [1.54, 1.807) is 0 Å². The lowest BCUT2D eigenvalue weighted by Gasteiger charge is -2.17. The van der Waals surface area contributed by atoms with Crippen LogP contribution in [0.3, 0.4) is 0 Å². The normalized spacial score (nSPS) is 12.1. The average molecular weight is 830 g/mol. The van der Waals surface area contributed by atoms with Gasteiger partial charge in [-0.05, 0) is 87.5 Å². The molecule has 0 aliphatic heterocycles. The van der Waals surface area contributed by atoms with Gasteiger partial charge >= 0.3 is 0 Å². The SMILES string of the molecule is Brc1cccc(Br)c1.CC(C)(C)c1c[nH]c2ccccc12.CC(C)(C)c1cn(-c2cccc(-n3cc(C(C)(C)C)c4ccccc43)c2)c2ccccc12. The summed E-state index contributed by atoms with van der Waals surface area (Å²) in [6.07, 6.45) is 6.75. The highest BCUT2D eigenvalue weighted by atomic mass is 79.9. The van der Waals surface area contributed by atoms with Gasteiger partial charge in [0.05, 0.1) is 11.0 Å². The van der Waals surface area contributed by atoms with E-state index in [-0.39, 0.29) is 16.2 Å². The molecule has 53 heavy (non-hydrogen) atoms. The van der Waals surface area contributed by atoms with E-state index in [2.05, 4.69) is 224 Å². The number of aromatic amines is 1. The van der Waals surface area contributed by atoms with Gasteiger partial charge in [-0.1, -0.05) is 161 Å². The van der Waals surface area contributed by atoms with Gasteiger partial charge in [0, 0.05) is 60.6 Å². The van der Waals surface area contributed by atoms with Crippen molar-refractivity contribution in [2.45, 2.75) is 78.6 Å². The molecule has 0 amide bonds. The van der Waals surface area contributed by atoms with Crippen molar-refractivity contribution < 1.29 is 0 Å². The smallest absolute Gasteiger partial charge is 0.0531 e. The maximum absolute atomic E-state index is 3.33. The monoisotopic (exact) mass is 827 g/mol. The number of hydrogen-bond donors (Lipinski definition) is 1. The van der Waals surface area contributed by atoms with Crippen LogP contribution < -0.4 is 0 Å². The van der Waals surface area contributed by atoms with Crippen LogP contribution in [0.1, 0.15) is 79.0 Å². The molecule has 0 aliphatic rings. The van der Waals surface area contributed by atoms with Crippen molar-refractivity contribution in [3.8, 4) is 11.4 Å². The zero-order valence-corrected chi connectivity index (χ0v) is 35.6. The highest BCUT2D eigenvalue weighted by molar-refractivity contribution is 9.11. The van der Waals surface area contributed by atoms with E-state index in [4.69, 9.17) is 0 Å². The molecular weight excluding hydrogens is 778 g/mol. The number of halogens is 2. The molecule has 0 bridgehead atoms. The largest absolute Gasteiger partial charge is 0.361 e. The molecule has 0 saturated heterocycles. The Morgan fingerprint density at radius 3 is 1.28 bits per heavy atom. The zero-order chi connectivity index (χ0) is 38.1. The summed E-state index contributed by atoms with van der Waals surface area (Å²) >= 11 is 6.66. The van der Waals surface area contributed by atoms with E-state index in [1.165, 1.54) is 60.8 Å². The fourth-order valence-corrected chi connectivity index (χ4v) is 8.03. The predicted octanol–water partition coefficient (Wildman–Crippen LogP) is 14.8. The molecule has 0 radical (unpaired) electrons. The maximum atomic E-state index is 3.33. The van der Waals surface area contributed by atoms with Gasteiger partial charge < -0.3 is 14.1 Å². The van der Waals surface area contributed by atoms with E-state index in [1.807, 2.05) is 24.3 Å². The van der Waals surface area contributed by atoms with E-state index >= 15 is 0 Å². The third kappa shape index (κ3) is 8.58. The van der Waals surface area contributed by atoms with Crippen LogP contribution in [0.5, 0.6) is 0 Å². The average Bonchev–Trinajstić information content (AvgIpc) is 3.83. The molecule has 3 heterocycles. The number of nitrogens with zero attached hydrogens (tertiary/aromatic N) is 2. The number of fused-ring (bicyclic) bond motifs is 3. The van der Waals surface area contributed by atoms with E-state index in [0.717, 1.165) is 8.95 Å². The van der Waals surface area contributed by atoms with Crippen LogP contribution in [0.2, 0.25) is 0 Å². The number of rotatable bonds is 2. The first-order valence-corrected chi connectivity index (χ1v) is 19.9. The van der Waals surface area contributed by atoms with Gasteiger partial charge in [-0.15, -0.1) is 0 Å². The Kier molecular flexibility index (Phi) is 11.0. The molecule has 0 spiro atoms. The molecule has 0 unspecified atom stereocenters. The number of para-hydroxylation sites is 3. The molecule has 0 atom stereocenters. The highest BCUT2D eigenvalue weighted by Crippen LogP contribution is 2.36. The molecule has 5 aromatic carbocycles. The Morgan fingerprint density at radius 1 is 0.434 bits per heavy atom. The van der Waals surface area contributed by atoms with Crippen LogP contribution in [0, 0.1) is 0 Å². The second kappa shape index (κ2) is 15.2. The molecule has 8 rings (SSSR count). The van der Waals surface area contributed by atoms with Gasteiger partial charge in [-0.3, -0.25) is 0 Å². The van der Waals surface area contributed by atoms with Gasteiger partial charge in [0.1, 0.15) is 0 Å². The Hall–Kier alpha value is -4.32. The summed E-state index contributed by atoms with van der Waals surface area (Å²) in [5, 5.41) is 3.99. The quantitative estimate of drug-likeness (QED) is 0.180. The van der Waals surface area contributed by atoms with E-state index < -0.39 is 0 Å². The highest BCUT2D eigenvalue weighted by Gasteiger charge is 2.23. The Labute approximate surface area is 332 Å². The molecule has 5 heteroatoms. The van der Waals surface area contributed by atoms with Crippen molar-refractivity contribution in [1.82, 2.24) is 14.1 Å². The van der Waals surface area contributed by atoms with Crippen LogP contribution >= 0.6 is 31.9 Å². The first kappa shape index (κ1) is 38.4. The lowest BCUT2D eigenvalue weighted by Crippen LogP contribution is -2.10. The summed E-state index contributed by atoms with van der Waals surface area (Å²) in [7, 11) is 0. The number of benzene rings is 5. The topological polar surface area (TPSA) is 25.6 Å². The van der Waals surface area contributed by atoms with Gasteiger partial charge in [0.25, 0.3) is 0 Å². The second-order valence-corrected chi connectivity index (χ2v) is 18.6. The summed E-state index contributed by atoms with van der Waals surface area (Å²) in [6.45, 7) is 20.4. The number of aromatic nitrogens is 3. The van der Waals surface area contributed by atoms with Crippen molar-refractivity contribution >= 4 is 64.6 Å². The molecule has 3 nitrogen and oxygen atoms in total. The molecule has 0 aliphatic carbocycles. The Balaban J connectivity index is 0.000000186. The fraction of sp³-hybridized carbons (Fsp3) is 0.250. The summed E-state index contributed by atoms with van der Waals surface area (Å²) in [5.41, 5.74) is 10.6. The number of H-pyrrole nitrogens is 1. The van der Waals surface area contributed by atoms with Crippen molar-refractivity contribution in [3.05, 3.63) is 166 Å². The summed E-state index contributed by atoms with van der Waals surface area (Å²) in [4.78, 5) is 3.29. The number of nitrogens with one attached hydrogen (secondary N) is 1. The van der Waals surface area contributed by atoms with E-state index in [0.29, 0.717) is 0 Å². The second-order valence-electron chi connectivity index (χ2n) is 16.8. The van der Waals surface area contributed by atoms with E-state index in [9.17, 15) is 0 Å². The third-order valence-corrected chi connectivity index (χ3v) is 10.6. The van der Waals surface area contributed by atoms with Crippen molar-refractivity contribution in [2.75, 3.05) is 0 Å². The van der Waals surface area contributed by atoms with Gasteiger partial charge in [0.15, 0.2) is 0 Å². The predicted molar refractivity (Wildman–Crippen MR) is 236 cm³/mol. The van der Waals surface area contributed by atoms with Crippen LogP contribution in [-0.4, -0.2) is 14.1 Å². The molecule has 8 aromatic rings. The number of hydrogen-bond acceptors (Lipinski definition) is 0. The van der Waals surface area contributed by atoms with Crippen LogP contribution in [-0.2, 0) is 16.2 Å². The molecular formula is C48H51Br2N3. The molecule has 3 aromatic heterocycles. The first-order chi connectivity index (χ1) is 25.0. The van der Waals surface area contributed by atoms with Crippen molar-refractivity contribution in [2.24, 2.45) is 0 Å². The van der Waals surface area contributed by atoms with Gasteiger partial charge in [0.2, 0.25) is 0 Å². The zero-order valence-electron chi connectivity index (χ0n) is 32.4. The first-order valence-electron chi connectivity index (χ1n) is 18.3. The van der Waals surface area contributed by atoms with Gasteiger partial charge in [-0.2, -0.15) is 0 Å². The molecule has 0 saturated carbocycles.